The third-order valence-corrected chi connectivity index (χ3v) is 4.01. The number of aromatic nitrogens is 3. The Labute approximate surface area is 137 Å². The number of aliphatic hydroxyl groups excluding tert-OH is 1. The van der Waals surface area contributed by atoms with Gasteiger partial charge in [-0.15, -0.1) is 0 Å². The Hall–Kier alpha value is -1.90. The zero-order valence-electron chi connectivity index (χ0n) is 13.3. The molecule has 0 spiro atoms. The van der Waals surface area contributed by atoms with Crippen LogP contribution < -0.4 is 10.6 Å². The van der Waals surface area contributed by atoms with Crippen molar-refractivity contribution in [3.05, 3.63) is 11.9 Å². The predicted molar refractivity (Wildman–Crippen MR) is 83.4 cm³/mol. The third kappa shape index (κ3) is 4.34. The fraction of sp³-hybridized carbons (Fsp3) is 0.667. The number of allylic oxidation sites excluding steroid dienone is 1. The topological polar surface area (TPSA) is 83.0 Å². The SMILES string of the molecule is CC(Nc1nc(NC2CC2)nc(C2=CC(O)CCC2)n1)C(F)(F)F. The normalized spacial score (nSPS) is 22.7. The zero-order valence-corrected chi connectivity index (χ0v) is 13.3. The monoisotopic (exact) mass is 343 g/mol. The largest absolute Gasteiger partial charge is 0.408 e. The lowest BCUT2D eigenvalue weighted by atomic mass is 9.97. The highest BCUT2D eigenvalue weighted by molar-refractivity contribution is 5.63. The Morgan fingerprint density at radius 1 is 1.17 bits per heavy atom. The van der Waals surface area contributed by atoms with Crippen LogP contribution in [0, 0.1) is 0 Å². The molecule has 0 bridgehead atoms. The summed E-state index contributed by atoms with van der Waals surface area (Å²) >= 11 is 0. The molecule has 3 rings (SSSR count). The van der Waals surface area contributed by atoms with Crippen LogP contribution in [0.1, 0.15) is 44.9 Å². The minimum Gasteiger partial charge on any atom is -0.389 e. The number of aliphatic hydroxyl groups is 1. The lowest BCUT2D eigenvalue weighted by molar-refractivity contribution is -0.138. The second kappa shape index (κ2) is 6.54. The van der Waals surface area contributed by atoms with E-state index in [4.69, 9.17) is 0 Å². The molecule has 2 unspecified atom stereocenters. The van der Waals surface area contributed by atoms with Crippen molar-refractivity contribution in [1.29, 1.82) is 0 Å². The fourth-order valence-corrected chi connectivity index (χ4v) is 2.42. The minimum atomic E-state index is -4.39. The molecular weight excluding hydrogens is 323 g/mol. The maximum Gasteiger partial charge on any atom is 0.408 e. The van der Waals surface area contributed by atoms with E-state index in [-0.39, 0.29) is 17.9 Å². The minimum absolute atomic E-state index is 0.117. The van der Waals surface area contributed by atoms with Crippen LogP contribution in [-0.2, 0) is 0 Å². The standard InChI is InChI=1S/C15H20F3N5O/c1-8(15(16,17)18)19-13-21-12(9-3-2-4-11(24)7-9)22-14(23-13)20-10-5-6-10/h7-8,10-11,24H,2-6H2,1H3,(H2,19,20,21,22,23). The van der Waals surface area contributed by atoms with Gasteiger partial charge in [-0.25, -0.2) is 0 Å². The summed E-state index contributed by atoms with van der Waals surface area (Å²) in [6.45, 7) is 1.01. The molecule has 2 aliphatic carbocycles. The lowest BCUT2D eigenvalue weighted by Crippen LogP contribution is -2.34. The molecule has 1 heterocycles. The summed E-state index contributed by atoms with van der Waals surface area (Å²) in [6.07, 6.45) is 0.806. The van der Waals surface area contributed by atoms with E-state index in [9.17, 15) is 18.3 Å². The van der Waals surface area contributed by atoms with Gasteiger partial charge in [0, 0.05) is 6.04 Å². The number of alkyl halides is 3. The maximum absolute atomic E-state index is 12.8. The van der Waals surface area contributed by atoms with Gasteiger partial charge in [-0.1, -0.05) is 0 Å². The molecule has 132 valence electrons. The summed E-state index contributed by atoms with van der Waals surface area (Å²) in [5.74, 6) is 0.457. The number of nitrogens with zero attached hydrogens (tertiary/aromatic N) is 3. The van der Waals surface area contributed by atoms with E-state index >= 15 is 0 Å². The number of anilines is 2. The van der Waals surface area contributed by atoms with Crippen LogP contribution in [0.2, 0.25) is 0 Å². The van der Waals surface area contributed by atoms with Crippen LogP contribution in [0.25, 0.3) is 5.57 Å². The Kier molecular flexibility index (Phi) is 4.62. The van der Waals surface area contributed by atoms with Crippen LogP contribution in [0.15, 0.2) is 6.08 Å². The van der Waals surface area contributed by atoms with Crippen molar-refractivity contribution in [3.8, 4) is 0 Å². The lowest BCUT2D eigenvalue weighted by Gasteiger charge is -2.19. The van der Waals surface area contributed by atoms with E-state index in [1.54, 1.807) is 6.08 Å². The number of halogens is 3. The van der Waals surface area contributed by atoms with Gasteiger partial charge in [-0.3, -0.25) is 0 Å². The van der Waals surface area contributed by atoms with Gasteiger partial charge in [0.15, 0.2) is 5.82 Å². The summed E-state index contributed by atoms with van der Waals surface area (Å²) in [4.78, 5) is 12.5. The van der Waals surface area contributed by atoms with Gasteiger partial charge in [0.1, 0.15) is 6.04 Å². The summed E-state index contributed by atoms with van der Waals surface area (Å²) < 4.78 is 38.3. The van der Waals surface area contributed by atoms with Gasteiger partial charge in [0.2, 0.25) is 11.9 Å². The van der Waals surface area contributed by atoms with E-state index in [0.29, 0.717) is 18.7 Å². The van der Waals surface area contributed by atoms with Crippen molar-refractivity contribution < 1.29 is 18.3 Å². The molecule has 9 heteroatoms. The van der Waals surface area contributed by atoms with Gasteiger partial charge in [0.05, 0.1) is 6.10 Å². The summed E-state index contributed by atoms with van der Waals surface area (Å²) in [5, 5.41) is 15.1. The van der Waals surface area contributed by atoms with Crippen molar-refractivity contribution in [2.75, 3.05) is 10.6 Å². The quantitative estimate of drug-likeness (QED) is 0.762. The van der Waals surface area contributed by atoms with Gasteiger partial charge in [0.25, 0.3) is 0 Å². The van der Waals surface area contributed by atoms with E-state index in [2.05, 4.69) is 25.6 Å². The summed E-state index contributed by atoms with van der Waals surface area (Å²) in [7, 11) is 0. The number of nitrogens with one attached hydrogen (secondary N) is 2. The molecular formula is C15H20F3N5O. The molecule has 3 N–H and O–H groups in total. The highest BCUT2D eigenvalue weighted by atomic mass is 19.4. The molecule has 1 saturated carbocycles. The molecule has 1 fully saturated rings. The molecule has 0 saturated heterocycles. The van der Waals surface area contributed by atoms with Crippen LogP contribution >= 0.6 is 0 Å². The fourth-order valence-electron chi connectivity index (χ4n) is 2.42. The second-order valence-electron chi connectivity index (χ2n) is 6.28. The van der Waals surface area contributed by atoms with Crippen molar-refractivity contribution in [2.45, 2.75) is 63.4 Å². The van der Waals surface area contributed by atoms with Crippen molar-refractivity contribution >= 4 is 17.5 Å². The van der Waals surface area contributed by atoms with Crippen LogP contribution in [-0.4, -0.2) is 44.4 Å². The van der Waals surface area contributed by atoms with E-state index in [1.165, 1.54) is 0 Å². The van der Waals surface area contributed by atoms with Gasteiger partial charge in [-0.2, -0.15) is 28.1 Å². The van der Waals surface area contributed by atoms with E-state index in [1.807, 2.05) is 0 Å². The molecule has 2 aliphatic rings. The number of hydrogen-bond acceptors (Lipinski definition) is 6. The van der Waals surface area contributed by atoms with E-state index in [0.717, 1.165) is 31.8 Å². The first-order chi connectivity index (χ1) is 11.3. The number of hydrogen-bond donors (Lipinski definition) is 3. The summed E-state index contributed by atoms with van der Waals surface area (Å²) in [6, 6.07) is -1.51. The molecule has 0 aliphatic heterocycles. The first-order valence-electron chi connectivity index (χ1n) is 8.06. The van der Waals surface area contributed by atoms with Crippen molar-refractivity contribution in [3.63, 3.8) is 0 Å². The molecule has 0 radical (unpaired) electrons. The van der Waals surface area contributed by atoms with Gasteiger partial charge >= 0.3 is 6.18 Å². The Bertz CT molecular complexity index is 630. The third-order valence-electron chi connectivity index (χ3n) is 4.01. The predicted octanol–water partition coefficient (Wildman–Crippen LogP) is 2.74. The average molecular weight is 343 g/mol. The molecule has 1 aromatic heterocycles. The second-order valence-corrected chi connectivity index (χ2v) is 6.28. The highest BCUT2D eigenvalue weighted by Gasteiger charge is 2.36. The number of rotatable bonds is 5. The summed E-state index contributed by atoms with van der Waals surface area (Å²) in [5.41, 5.74) is 0.734. The molecule has 0 amide bonds. The van der Waals surface area contributed by atoms with Crippen LogP contribution in [0.4, 0.5) is 25.1 Å². The highest BCUT2D eigenvalue weighted by Crippen LogP contribution is 2.28. The molecule has 24 heavy (non-hydrogen) atoms. The van der Waals surface area contributed by atoms with Crippen LogP contribution in [0.5, 0.6) is 0 Å². The zero-order chi connectivity index (χ0) is 17.3. The average Bonchev–Trinajstić information content (AvgIpc) is 3.30. The molecule has 1 aromatic rings. The first-order valence-corrected chi connectivity index (χ1v) is 8.06. The molecule has 2 atom stereocenters. The van der Waals surface area contributed by atoms with Gasteiger partial charge in [-0.05, 0) is 50.7 Å². The smallest absolute Gasteiger partial charge is 0.389 e. The Morgan fingerprint density at radius 3 is 2.50 bits per heavy atom. The Balaban J connectivity index is 1.88. The first kappa shape index (κ1) is 16.9. The van der Waals surface area contributed by atoms with Crippen molar-refractivity contribution in [1.82, 2.24) is 15.0 Å². The maximum atomic E-state index is 12.8. The molecule has 0 aromatic carbocycles. The van der Waals surface area contributed by atoms with Gasteiger partial charge < -0.3 is 15.7 Å². The molecule has 6 nitrogen and oxygen atoms in total. The Morgan fingerprint density at radius 2 is 1.88 bits per heavy atom. The van der Waals surface area contributed by atoms with Crippen molar-refractivity contribution in [2.24, 2.45) is 0 Å². The van der Waals surface area contributed by atoms with E-state index < -0.39 is 18.3 Å². The van der Waals surface area contributed by atoms with Crippen LogP contribution in [0.3, 0.4) is 0 Å².